The van der Waals surface area contributed by atoms with E-state index in [1.54, 1.807) is 18.2 Å². The molecule has 0 aliphatic rings. The van der Waals surface area contributed by atoms with Crippen molar-refractivity contribution < 1.29 is 28.2 Å². The summed E-state index contributed by atoms with van der Waals surface area (Å²) in [4.78, 5) is 10.4. The van der Waals surface area contributed by atoms with Gasteiger partial charge in [0.2, 0.25) is 0 Å². The number of halogens is 3. The van der Waals surface area contributed by atoms with E-state index in [2.05, 4.69) is 0 Å². The Labute approximate surface area is 102 Å². The van der Waals surface area contributed by atoms with Crippen molar-refractivity contribution in [1.82, 2.24) is 0 Å². The van der Waals surface area contributed by atoms with Crippen molar-refractivity contribution in [3.8, 4) is 0 Å². The van der Waals surface area contributed by atoms with Gasteiger partial charge in [0, 0.05) is 0 Å². The predicted molar refractivity (Wildman–Crippen MR) is 57.8 cm³/mol. The zero-order valence-corrected chi connectivity index (χ0v) is 9.39. The lowest BCUT2D eigenvalue weighted by atomic mass is 9.94. The number of aliphatic carboxylic acids is 1. The summed E-state index contributed by atoms with van der Waals surface area (Å²) in [5.41, 5.74) is 0.345. The second kappa shape index (κ2) is 5.86. The molecular formula is C12H13F3O3. The standard InChI is InChI=1S/C12H13F3O3/c13-12(14,15)9(7-11(17)18)6-10(16)8-4-2-1-3-5-8/h1-5,9-10,16H,6-7H2,(H,17,18)/t9-,10+/m1/s1. The van der Waals surface area contributed by atoms with E-state index in [0.717, 1.165) is 0 Å². The number of hydrogen-bond acceptors (Lipinski definition) is 2. The molecule has 1 aromatic carbocycles. The summed E-state index contributed by atoms with van der Waals surface area (Å²) < 4.78 is 37.7. The van der Waals surface area contributed by atoms with Gasteiger partial charge in [0.1, 0.15) is 0 Å². The van der Waals surface area contributed by atoms with Gasteiger partial charge in [-0.05, 0) is 12.0 Å². The molecule has 0 bridgehead atoms. The Bertz CT molecular complexity index is 389. The van der Waals surface area contributed by atoms with E-state index >= 15 is 0 Å². The highest BCUT2D eigenvalue weighted by Crippen LogP contribution is 2.35. The molecule has 6 heteroatoms. The minimum Gasteiger partial charge on any atom is -0.481 e. The third-order valence-corrected chi connectivity index (χ3v) is 2.58. The van der Waals surface area contributed by atoms with Crippen LogP contribution in [-0.2, 0) is 4.79 Å². The van der Waals surface area contributed by atoms with E-state index in [1.165, 1.54) is 12.1 Å². The summed E-state index contributed by atoms with van der Waals surface area (Å²) >= 11 is 0. The number of hydrogen-bond donors (Lipinski definition) is 2. The summed E-state index contributed by atoms with van der Waals surface area (Å²) in [5.74, 6) is -3.58. The SMILES string of the molecule is O=C(O)C[C@@H](C[C@H](O)c1ccccc1)C(F)(F)F. The van der Waals surface area contributed by atoms with E-state index in [9.17, 15) is 23.1 Å². The molecule has 0 aliphatic carbocycles. The van der Waals surface area contributed by atoms with Gasteiger partial charge in [0.15, 0.2) is 0 Å². The highest BCUT2D eigenvalue weighted by Gasteiger charge is 2.41. The van der Waals surface area contributed by atoms with Gasteiger partial charge < -0.3 is 10.2 Å². The first kappa shape index (κ1) is 14.5. The normalized spacial score (nSPS) is 15.1. The summed E-state index contributed by atoms with van der Waals surface area (Å²) in [6.07, 6.45) is -7.64. The highest BCUT2D eigenvalue weighted by molar-refractivity contribution is 5.67. The molecular weight excluding hydrogens is 249 g/mol. The van der Waals surface area contributed by atoms with Crippen LogP contribution in [0.2, 0.25) is 0 Å². The number of carboxylic acids is 1. The van der Waals surface area contributed by atoms with E-state index in [-0.39, 0.29) is 0 Å². The Kier molecular flexibility index (Phi) is 4.72. The minimum atomic E-state index is -4.63. The highest BCUT2D eigenvalue weighted by atomic mass is 19.4. The van der Waals surface area contributed by atoms with Gasteiger partial charge >= 0.3 is 12.1 Å². The van der Waals surface area contributed by atoms with Crippen LogP contribution in [0.25, 0.3) is 0 Å². The van der Waals surface area contributed by atoms with Crippen molar-refractivity contribution in [2.75, 3.05) is 0 Å². The van der Waals surface area contributed by atoms with Gasteiger partial charge in [0.25, 0.3) is 0 Å². The molecule has 0 unspecified atom stereocenters. The van der Waals surface area contributed by atoms with Crippen molar-refractivity contribution >= 4 is 5.97 Å². The molecule has 0 spiro atoms. The van der Waals surface area contributed by atoms with Crippen molar-refractivity contribution in [2.45, 2.75) is 25.1 Å². The van der Waals surface area contributed by atoms with Gasteiger partial charge in [-0.15, -0.1) is 0 Å². The molecule has 0 fully saturated rings. The number of aliphatic hydroxyl groups is 1. The molecule has 0 radical (unpaired) electrons. The van der Waals surface area contributed by atoms with Crippen LogP contribution < -0.4 is 0 Å². The maximum atomic E-state index is 12.6. The van der Waals surface area contributed by atoms with E-state index in [1.807, 2.05) is 0 Å². The monoisotopic (exact) mass is 262 g/mol. The Balaban J connectivity index is 2.75. The average Bonchev–Trinajstić information content (AvgIpc) is 2.27. The molecule has 0 amide bonds. The second-order valence-electron chi connectivity index (χ2n) is 4.00. The Hall–Kier alpha value is -1.56. The maximum absolute atomic E-state index is 12.6. The largest absolute Gasteiger partial charge is 0.481 e. The van der Waals surface area contributed by atoms with Gasteiger partial charge in [-0.25, -0.2) is 0 Å². The lowest BCUT2D eigenvalue weighted by Gasteiger charge is -2.21. The summed E-state index contributed by atoms with van der Waals surface area (Å²) in [5, 5.41) is 18.1. The van der Waals surface area contributed by atoms with Crippen LogP contribution in [0.3, 0.4) is 0 Å². The fraction of sp³-hybridized carbons (Fsp3) is 0.417. The van der Waals surface area contributed by atoms with Crippen molar-refractivity contribution in [3.63, 3.8) is 0 Å². The van der Waals surface area contributed by atoms with Gasteiger partial charge in [-0.1, -0.05) is 30.3 Å². The predicted octanol–water partition coefficient (Wildman–Crippen LogP) is 2.76. The smallest absolute Gasteiger partial charge is 0.392 e. The topological polar surface area (TPSA) is 57.5 Å². The Morgan fingerprint density at radius 1 is 1.22 bits per heavy atom. The molecule has 3 nitrogen and oxygen atoms in total. The Morgan fingerprint density at radius 2 is 1.78 bits per heavy atom. The third kappa shape index (κ3) is 4.37. The second-order valence-corrected chi connectivity index (χ2v) is 4.00. The lowest BCUT2D eigenvalue weighted by molar-refractivity contribution is -0.189. The molecule has 1 aromatic rings. The summed E-state index contributed by atoms with van der Waals surface area (Å²) in [7, 11) is 0. The van der Waals surface area contributed by atoms with Crippen molar-refractivity contribution in [3.05, 3.63) is 35.9 Å². The lowest BCUT2D eigenvalue weighted by Crippen LogP contribution is -2.27. The fourth-order valence-corrected chi connectivity index (χ4v) is 1.62. The molecule has 2 atom stereocenters. The van der Waals surface area contributed by atoms with Crippen LogP contribution >= 0.6 is 0 Å². The molecule has 2 N–H and O–H groups in total. The maximum Gasteiger partial charge on any atom is 0.392 e. The van der Waals surface area contributed by atoms with Crippen LogP contribution in [0, 0.1) is 5.92 Å². The molecule has 0 aromatic heterocycles. The molecule has 0 saturated carbocycles. The molecule has 0 saturated heterocycles. The van der Waals surface area contributed by atoms with Crippen LogP contribution in [0.4, 0.5) is 13.2 Å². The first-order chi connectivity index (χ1) is 8.30. The average molecular weight is 262 g/mol. The number of aliphatic hydroxyl groups excluding tert-OH is 1. The van der Waals surface area contributed by atoms with E-state index in [4.69, 9.17) is 5.11 Å². The van der Waals surface area contributed by atoms with Crippen LogP contribution in [0.15, 0.2) is 30.3 Å². The quantitative estimate of drug-likeness (QED) is 0.857. The Morgan fingerprint density at radius 3 is 2.22 bits per heavy atom. The van der Waals surface area contributed by atoms with E-state index < -0.39 is 37.0 Å². The molecule has 1 rings (SSSR count). The number of benzene rings is 1. The molecule has 18 heavy (non-hydrogen) atoms. The zero-order chi connectivity index (χ0) is 13.8. The van der Waals surface area contributed by atoms with Gasteiger partial charge in [-0.2, -0.15) is 13.2 Å². The third-order valence-electron chi connectivity index (χ3n) is 2.58. The zero-order valence-electron chi connectivity index (χ0n) is 9.39. The van der Waals surface area contributed by atoms with Crippen LogP contribution in [-0.4, -0.2) is 22.4 Å². The van der Waals surface area contributed by atoms with Crippen LogP contribution in [0.1, 0.15) is 24.5 Å². The first-order valence-electron chi connectivity index (χ1n) is 5.32. The first-order valence-corrected chi connectivity index (χ1v) is 5.32. The fourth-order valence-electron chi connectivity index (χ4n) is 1.62. The van der Waals surface area contributed by atoms with Gasteiger partial charge in [0.05, 0.1) is 18.4 Å². The van der Waals surface area contributed by atoms with Crippen LogP contribution in [0.5, 0.6) is 0 Å². The van der Waals surface area contributed by atoms with Crippen molar-refractivity contribution in [2.24, 2.45) is 5.92 Å². The van der Waals surface area contributed by atoms with Gasteiger partial charge in [-0.3, -0.25) is 4.79 Å². The minimum absolute atomic E-state index is 0.345. The number of carboxylic acid groups (broad SMARTS) is 1. The van der Waals surface area contributed by atoms with Crippen molar-refractivity contribution in [1.29, 1.82) is 0 Å². The molecule has 0 aliphatic heterocycles. The number of alkyl halides is 3. The number of carbonyl (C=O) groups is 1. The van der Waals surface area contributed by atoms with E-state index in [0.29, 0.717) is 5.56 Å². The summed E-state index contributed by atoms with van der Waals surface area (Å²) in [6.45, 7) is 0. The molecule has 100 valence electrons. The molecule has 0 heterocycles. The summed E-state index contributed by atoms with van der Waals surface area (Å²) in [6, 6.07) is 7.86. The number of rotatable bonds is 5.